The number of pyridine rings is 1. The van der Waals surface area contributed by atoms with Crippen LogP contribution in [-0.4, -0.2) is 9.91 Å². The van der Waals surface area contributed by atoms with Crippen LogP contribution >= 0.6 is 11.6 Å². The molecule has 1 heterocycles. The summed E-state index contributed by atoms with van der Waals surface area (Å²) in [7, 11) is 0. The van der Waals surface area contributed by atoms with E-state index in [0.717, 1.165) is 0 Å². The van der Waals surface area contributed by atoms with Crippen molar-refractivity contribution in [1.82, 2.24) is 4.98 Å². The van der Waals surface area contributed by atoms with E-state index < -0.39 is 10.7 Å². The quantitative estimate of drug-likeness (QED) is 0.538. The molecule has 3 rings (SSSR count). The van der Waals surface area contributed by atoms with Gasteiger partial charge in [0.25, 0.3) is 5.69 Å². The van der Waals surface area contributed by atoms with Gasteiger partial charge in [-0.2, -0.15) is 5.26 Å². The number of nitrogens with two attached hydrogens (primary N) is 1. The number of anilines is 1. The summed E-state index contributed by atoms with van der Waals surface area (Å²) in [5.74, 6) is -0.644. The number of nitriles is 1. The van der Waals surface area contributed by atoms with Crippen LogP contribution in [0.3, 0.4) is 0 Å². The second-order valence-corrected chi connectivity index (χ2v) is 5.77. The molecule has 0 fully saturated rings. The first kappa shape index (κ1) is 17.3. The van der Waals surface area contributed by atoms with E-state index in [-0.39, 0.29) is 22.1 Å². The van der Waals surface area contributed by atoms with Crippen molar-refractivity contribution in [3.05, 3.63) is 75.0 Å². The number of rotatable bonds is 3. The van der Waals surface area contributed by atoms with Gasteiger partial charge in [0, 0.05) is 23.3 Å². The van der Waals surface area contributed by atoms with Crippen molar-refractivity contribution in [2.24, 2.45) is 0 Å². The smallest absolute Gasteiger partial charge is 0.269 e. The highest BCUT2D eigenvalue weighted by molar-refractivity contribution is 6.30. The third-order valence-corrected chi connectivity index (χ3v) is 4.07. The summed E-state index contributed by atoms with van der Waals surface area (Å²) in [6.45, 7) is 0. The number of benzene rings is 2. The van der Waals surface area contributed by atoms with Gasteiger partial charge in [-0.05, 0) is 35.9 Å². The van der Waals surface area contributed by atoms with Crippen molar-refractivity contribution in [1.29, 1.82) is 5.26 Å². The third kappa shape index (κ3) is 3.18. The average molecular weight is 369 g/mol. The van der Waals surface area contributed by atoms with Crippen LogP contribution in [0.1, 0.15) is 5.56 Å². The van der Waals surface area contributed by atoms with Crippen LogP contribution in [0.15, 0.2) is 48.5 Å². The molecule has 0 bridgehead atoms. The third-order valence-electron chi connectivity index (χ3n) is 3.76. The van der Waals surface area contributed by atoms with Crippen molar-refractivity contribution < 1.29 is 9.31 Å². The predicted molar refractivity (Wildman–Crippen MR) is 95.9 cm³/mol. The number of aromatic nitrogens is 1. The molecule has 0 aliphatic carbocycles. The fourth-order valence-electron chi connectivity index (χ4n) is 2.48. The molecule has 0 atom stereocenters. The van der Waals surface area contributed by atoms with Gasteiger partial charge in [-0.25, -0.2) is 9.37 Å². The SMILES string of the molecule is N#Cc1c(-c2ccc(Cl)c(F)c2)cc(-c2ccc([N+](=O)[O-])cc2)nc1N. The lowest BCUT2D eigenvalue weighted by atomic mass is 9.98. The van der Waals surface area contributed by atoms with Crippen LogP contribution in [0, 0.1) is 27.3 Å². The van der Waals surface area contributed by atoms with Crippen molar-refractivity contribution in [3.8, 4) is 28.5 Å². The fraction of sp³-hybridized carbons (Fsp3) is 0. The van der Waals surface area contributed by atoms with Crippen molar-refractivity contribution in [2.45, 2.75) is 0 Å². The van der Waals surface area contributed by atoms with E-state index in [4.69, 9.17) is 17.3 Å². The Labute approximate surface area is 152 Å². The van der Waals surface area contributed by atoms with E-state index in [2.05, 4.69) is 4.98 Å². The molecule has 0 unspecified atom stereocenters. The molecular formula is C18H10ClFN4O2. The lowest BCUT2D eigenvalue weighted by molar-refractivity contribution is -0.384. The Balaban J connectivity index is 2.17. The van der Waals surface area contributed by atoms with Gasteiger partial charge < -0.3 is 5.73 Å². The first-order valence-electron chi connectivity index (χ1n) is 7.31. The molecule has 26 heavy (non-hydrogen) atoms. The highest BCUT2D eigenvalue weighted by Gasteiger charge is 2.15. The molecule has 2 N–H and O–H groups in total. The van der Waals surface area contributed by atoms with Crippen LogP contribution in [0.5, 0.6) is 0 Å². The van der Waals surface area contributed by atoms with Crippen molar-refractivity contribution >= 4 is 23.1 Å². The van der Waals surface area contributed by atoms with E-state index in [9.17, 15) is 19.8 Å². The van der Waals surface area contributed by atoms with Crippen LogP contribution in [-0.2, 0) is 0 Å². The Kier molecular flexibility index (Phi) is 4.52. The second-order valence-electron chi connectivity index (χ2n) is 5.36. The summed E-state index contributed by atoms with van der Waals surface area (Å²) in [4.78, 5) is 14.4. The maximum atomic E-state index is 13.8. The Morgan fingerprint density at radius 1 is 1.15 bits per heavy atom. The largest absolute Gasteiger partial charge is 0.383 e. The zero-order valence-electron chi connectivity index (χ0n) is 13.1. The molecule has 0 aliphatic rings. The normalized spacial score (nSPS) is 10.3. The van der Waals surface area contributed by atoms with E-state index in [0.29, 0.717) is 22.4 Å². The highest BCUT2D eigenvalue weighted by Crippen LogP contribution is 2.33. The zero-order chi connectivity index (χ0) is 18.8. The predicted octanol–water partition coefficient (Wildman–Crippen LogP) is 4.57. The molecule has 1 aromatic heterocycles. The maximum absolute atomic E-state index is 13.8. The molecule has 3 aromatic rings. The van der Waals surface area contributed by atoms with Crippen LogP contribution in [0.2, 0.25) is 5.02 Å². The minimum atomic E-state index is -0.625. The highest BCUT2D eigenvalue weighted by atomic mass is 35.5. The molecule has 0 aliphatic heterocycles. The molecule has 0 saturated heterocycles. The van der Waals surface area contributed by atoms with E-state index in [1.165, 1.54) is 36.4 Å². The van der Waals surface area contributed by atoms with Gasteiger partial charge in [0.15, 0.2) is 0 Å². The average Bonchev–Trinajstić information content (AvgIpc) is 2.63. The maximum Gasteiger partial charge on any atom is 0.269 e. The number of nitrogen functional groups attached to an aromatic ring is 1. The van der Waals surface area contributed by atoms with Gasteiger partial charge in [0.05, 0.1) is 15.6 Å². The first-order valence-corrected chi connectivity index (χ1v) is 7.69. The molecular weight excluding hydrogens is 359 g/mol. The molecule has 128 valence electrons. The summed E-state index contributed by atoms with van der Waals surface area (Å²) < 4.78 is 13.8. The minimum Gasteiger partial charge on any atom is -0.383 e. The lowest BCUT2D eigenvalue weighted by Crippen LogP contribution is -2.00. The second kappa shape index (κ2) is 6.78. The van der Waals surface area contributed by atoms with E-state index in [1.54, 1.807) is 12.1 Å². The Morgan fingerprint density at radius 3 is 2.38 bits per heavy atom. The number of nitro groups is 1. The van der Waals surface area contributed by atoms with Crippen molar-refractivity contribution in [3.63, 3.8) is 0 Å². The number of nitrogens with zero attached hydrogens (tertiary/aromatic N) is 3. The molecule has 6 nitrogen and oxygen atoms in total. The molecule has 0 amide bonds. The topological polar surface area (TPSA) is 106 Å². The van der Waals surface area contributed by atoms with Crippen LogP contribution in [0.4, 0.5) is 15.9 Å². The van der Waals surface area contributed by atoms with Gasteiger partial charge in [-0.1, -0.05) is 17.7 Å². The number of hydrogen-bond donors (Lipinski definition) is 1. The van der Waals surface area contributed by atoms with Crippen LogP contribution < -0.4 is 5.73 Å². The van der Waals surface area contributed by atoms with Gasteiger partial charge in [-0.15, -0.1) is 0 Å². The Morgan fingerprint density at radius 2 is 1.81 bits per heavy atom. The number of non-ortho nitro benzene ring substituents is 1. The van der Waals surface area contributed by atoms with Gasteiger partial charge in [0.2, 0.25) is 0 Å². The molecule has 2 aromatic carbocycles. The molecule has 8 heteroatoms. The van der Waals surface area contributed by atoms with E-state index >= 15 is 0 Å². The molecule has 0 saturated carbocycles. The first-order chi connectivity index (χ1) is 12.4. The number of halogens is 2. The Bertz CT molecular complexity index is 1060. The van der Waals surface area contributed by atoms with Gasteiger partial charge >= 0.3 is 0 Å². The van der Waals surface area contributed by atoms with E-state index in [1.807, 2.05) is 6.07 Å². The van der Waals surface area contributed by atoms with Crippen LogP contribution in [0.25, 0.3) is 22.4 Å². The minimum absolute atomic E-state index is 0.0197. The summed E-state index contributed by atoms with van der Waals surface area (Å²) in [5.41, 5.74) is 7.73. The summed E-state index contributed by atoms with van der Waals surface area (Å²) >= 11 is 5.71. The van der Waals surface area contributed by atoms with Gasteiger partial charge in [0.1, 0.15) is 23.3 Å². The summed E-state index contributed by atoms with van der Waals surface area (Å²) in [5, 5.41) is 20.1. The number of nitro benzene ring substituents is 1. The standard InChI is InChI=1S/C18H10ClFN4O2/c19-15-6-3-11(7-16(15)20)13-8-17(23-18(22)14(13)9-21)10-1-4-12(5-2-10)24(25)26/h1-8H,(H2,22,23). The molecule has 0 spiro atoms. The monoisotopic (exact) mass is 368 g/mol. The lowest BCUT2D eigenvalue weighted by Gasteiger charge is -2.10. The number of hydrogen-bond acceptors (Lipinski definition) is 5. The summed E-state index contributed by atoms with van der Waals surface area (Å²) in [6, 6.07) is 13.4. The summed E-state index contributed by atoms with van der Waals surface area (Å²) in [6.07, 6.45) is 0. The fourth-order valence-corrected chi connectivity index (χ4v) is 2.59. The Hall–Kier alpha value is -3.50. The van der Waals surface area contributed by atoms with Gasteiger partial charge in [-0.3, -0.25) is 10.1 Å². The zero-order valence-corrected chi connectivity index (χ0v) is 13.9. The van der Waals surface area contributed by atoms with Crippen molar-refractivity contribution in [2.75, 3.05) is 5.73 Å². The molecule has 0 radical (unpaired) electrons.